The zero-order valence-corrected chi connectivity index (χ0v) is 15.5. The number of rotatable bonds is 4. The minimum absolute atomic E-state index is 0.0115. The normalized spacial score (nSPS) is 16.6. The van der Waals surface area contributed by atoms with Crippen molar-refractivity contribution in [3.05, 3.63) is 38.8 Å². The Labute approximate surface area is 153 Å². The predicted molar refractivity (Wildman–Crippen MR) is 98.3 cm³/mol. The zero-order chi connectivity index (χ0) is 18.3. The van der Waals surface area contributed by atoms with Crippen LogP contribution in [0, 0.1) is 19.8 Å². The van der Waals surface area contributed by atoms with Crippen LogP contribution in [0.15, 0.2) is 11.1 Å². The lowest BCUT2D eigenvalue weighted by molar-refractivity contribution is -0.126. The molecule has 0 fully saturated rings. The van der Waals surface area contributed by atoms with Crippen molar-refractivity contribution in [3.63, 3.8) is 0 Å². The van der Waals surface area contributed by atoms with Gasteiger partial charge in [-0.25, -0.2) is 14.6 Å². The van der Waals surface area contributed by atoms with Gasteiger partial charge in [-0.3, -0.25) is 9.59 Å². The summed E-state index contributed by atoms with van der Waals surface area (Å²) in [5.41, 5.74) is 0.882. The van der Waals surface area contributed by atoms with E-state index in [-0.39, 0.29) is 17.4 Å². The molecule has 9 heteroatoms. The standard InChI is InChI=1S/C17H20N6O2S/c1-9-10(2)26-17-14(9)16(25)21-12(22-17)5-6-18-15(24)11-3-4-13-19-8-20-23(13)7-11/h8,11H,3-7H2,1-2H3,(H,18,24)(H,21,22,25). The first-order chi connectivity index (χ1) is 12.5. The van der Waals surface area contributed by atoms with E-state index < -0.39 is 0 Å². The van der Waals surface area contributed by atoms with E-state index in [0.29, 0.717) is 30.7 Å². The molecule has 4 heterocycles. The van der Waals surface area contributed by atoms with Crippen molar-refractivity contribution < 1.29 is 4.79 Å². The van der Waals surface area contributed by atoms with Gasteiger partial charge >= 0.3 is 0 Å². The number of thiophene rings is 1. The van der Waals surface area contributed by atoms with Crippen LogP contribution in [-0.2, 0) is 24.2 Å². The second kappa shape index (κ2) is 6.64. The Hall–Kier alpha value is -2.55. The number of hydrogen-bond acceptors (Lipinski definition) is 6. The molecule has 0 saturated carbocycles. The van der Waals surface area contributed by atoms with E-state index in [4.69, 9.17) is 0 Å². The molecular weight excluding hydrogens is 352 g/mol. The SMILES string of the molecule is Cc1sc2nc(CCNC(=O)C3CCc4ncnn4C3)[nH]c(=O)c2c1C. The molecule has 3 aromatic heterocycles. The van der Waals surface area contributed by atoms with Crippen molar-refractivity contribution in [3.8, 4) is 0 Å². The molecular formula is C17H20N6O2S. The number of carbonyl (C=O) groups excluding carboxylic acids is 1. The van der Waals surface area contributed by atoms with Gasteiger partial charge in [-0.05, 0) is 25.8 Å². The number of carbonyl (C=O) groups is 1. The third kappa shape index (κ3) is 3.03. The van der Waals surface area contributed by atoms with Gasteiger partial charge in [-0.15, -0.1) is 11.3 Å². The lowest BCUT2D eigenvalue weighted by Crippen LogP contribution is -2.37. The summed E-state index contributed by atoms with van der Waals surface area (Å²) in [6.45, 7) is 4.94. The monoisotopic (exact) mass is 372 g/mol. The molecule has 26 heavy (non-hydrogen) atoms. The molecule has 1 amide bonds. The first kappa shape index (κ1) is 16.9. The molecule has 1 aliphatic heterocycles. The Morgan fingerprint density at radius 2 is 2.31 bits per heavy atom. The number of aromatic amines is 1. The van der Waals surface area contributed by atoms with Gasteiger partial charge < -0.3 is 10.3 Å². The van der Waals surface area contributed by atoms with Crippen LogP contribution in [0.25, 0.3) is 10.2 Å². The summed E-state index contributed by atoms with van der Waals surface area (Å²) < 4.78 is 1.79. The van der Waals surface area contributed by atoms with Gasteiger partial charge in [-0.1, -0.05) is 0 Å². The van der Waals surface area contributed by atoms with Crippen LogP contribution in [-0.4, -0.2) is 37.2 Å². The van der Waals surface area contributed by atoms with Gasteiger partial charge in [0.05, 0.1) is 17.8 Å². The predicted octanol–water partition coefficient (Wildman–Crippen LogP) is 1.11. The number of aryl methyl sites for hydroxylation is 3. The smallest absolute Gasteiger partial charge is 0.259 e. The van der Waals surface area contributed by atoms with Crippen LogP contribution in [0.1, 0.15) is 28.5 Å². The molecule has 1 atom stereocenters. The Bertz CT molecular complexity index is 1030. The molecule has 0 spiro atoms. The summed E-state index contributed by atoms with van der Waals surface area (Å²) in [7, 11) is 0. The highest BCUT2D eigenvalue weighted by atomic mass is 32.1. The van der Waals surface area contributed by atoms with Crippen molar-refractivity contribution >= 4 is 27.5 Å². The Kier molecular flexibility index (Phi) is 4.31. The molecule has 0 aliphatic carbocycles. The largest absolute Gasteiger partial charge is 0.355 e. The number of amides is 1. The average molecular weight is 372 g/mol. The van der Waals surface area contributed by atoms with Crippen LogP contribution in [0.4, 0.5) is 0 Å². The summed E-state index contributed by atoms with van der Waals surface area (Å²) in [5, 5.41) is 7.76. The summed E-state index contributed by atoms with van der Waals surface area (Å²) in [5.74, 6) is 1.45. The minimum atomic E-state index is -0.107. The Morgan fingerprint density at radius 3 is 3.15 bits per heavy atom. The fraction of sp³-hybridized carbons (Fsp3) is 0.471. The zero-order valence-electron chi connectivity index (χ0n) is 14.7. The maximum Gasteiger partial charge on any atom is 0.259 e. The maximum atomic E-state index is 12.4. The van der Waals surface area contributed by atoms with Gasteiger partial charge in [0.25, 0.3) is 5.56 Å². The first-order valence-corrected chi connectivity index (χ1v) is 9.48. The second-order valence-corrected chi connectivity index (χ2v) is 7.81. The van der Waals surface area contributed by atoms with E-state index in [2.05, 4.69) is 25.4 Å². The third-order valence-corrected chi connectivity index (χ3v) is 6.03. The van der Waals surface area contributed by atoms with E-state index in [1.165, 1.54) is 17.7 Å². The number of aromatic nitrogens is 5. The topological polar surface area (TPSA) is 106 Å². The summed E-state index contributed by atoms with van der Waals surface area (Å²) >= 11 is 1.53. The average Bonchev–Trinajstić information content (AvgIpc) is 3.19. The fourth-order valence-corrected chi connectivity index (χ4v) is 4.37. The molecule has 8 nitrogen and oxygen atoms in total. The number of nitrogens with zero attached hydrogens (tertiary/aromatic N) is 4. The van der Waals surface area contributed by atoms with Crippen LogP contribution >= 0.6 is 11.3 Å². The number of nitrogens with one attached hydrogen (secondary N) is 2. The molecule has 4 rings (SSSR count). The Balaban J connectivity index is 1.38. The maximum absolute atomic E-state index is 12.4. The van der Waals surface area contributed by atoms with Crippen LogP contribution < -0.4 is 10.9 Å². The molecule has 1 unspecified atom stereocenters. The van der Waals surface area contributed by atoms with Gasteiger partial charge in [0, 0.05) is 24.3 Å². The van der Waals surface area contributed by atoms with E-state index in [0.717, 1.165) is 33.9 Å². The lowest BCUT2D eigenvalue weighted by Gasteiger charge is -2.21. The summed E-state index contributed by atoms with van der Waals surface area (Å²) in [4.78, 5) is 38.1. The highest BCUT2D eigenvalue weighted by molar-refractivity contribution is 7.18. The van der Waals surface area contributed by atoms with Crippen molar-refractivity contribution in [2.45, 2.75) is 39.7 Å². The van der Waals surface area contributed by atoms with E-state index in [9.17, 15) is 9.59 Å². The molecule has 3 aromatic rings. The van der Waals surface area contributed by atoms with Gasteiger partial charge in [0.2, 0.25) is 5.91 Å². The van der Waals surface area contributed by atoms with Crippen molar-refractivity contribution in [2.75, 3.05) is 6.54 Å². The fourth-order valence-electron chi connectivity index (χ4n) is 3.32. The van der Waals surface area contributed by atoms with Gasteiger partial charge in [0.15, 0.2) is 0 Å². The molecule has 136 valence electrons. The molecule has 0 radical (unpaired) electrons. The lowest BCUT2D eigenvalue weighted by atomic mass is 9.99. The van der Waals surface area contributed by atoms with Crippen molar-refractivity contribution in [1.82, 2.24) is 30.0 Å². The highest BCUT2D eigenvalue weighted by Crippen LogP contribution is 2.25. The number of H-pyrrole nitrogens is 1. The second-order valence-electron chi connectivity index (χ2n) is 6.61. The van der Waals surface area contributed by atoms with Gasteiger partial charge in [-0.2, -0.15) is 5.10 Å². The van der Waals surface area contributed by atoms with E-state index in [1.54, 1.807) is 4.68 Å². The Morgan fingerprint density at radius 1 is 1.46 bits per heavy atom. The van der Waals surface area contributed by atoms with Crippen molar-refractivity contribution in [1.29, 1.82) is 0 Å². The van der Waals surface area contributed by atoms with Crippen LogP contribution in [0.5, 0.6) is 0 Å². The van der Waals surface area contributed by atoms with E-state index in [1.807, 2.05) is 13.8 Å². The van der Waals surface area contributed by atoms with Crippen LogP contribution in [0.2, 0.25) is 0 Å². The molecule has 2 N–H and O–H groups in total. The summed E-state index contributed by atoms with van der Waals surface area (Å²) in [6, 6.07) is 0. The number of hydrogen-bond donors (Lipinski definition) is 2. The molecule has 0 bridgehead atoms. The summed E-state index contributed by atoms with van der Waals surface area (Å²) in [6.07, 6.45) is 3.57. The third-order valence-electron chi connectivity index (χ3n) is 4.93. The molecule has 1 aliphatic rings. The number of fused-ring (bicyclic) bond motifs is 2. The minimum Gasteiger partial charge on any atom is -0.355 e. The van der Waals surface area contributed by atoms with Crippen molar-refractivity contribution in [2.24, 2.45) is 5.92 Å². The van der Waals surface area contributed by atoms with Crippen LogP contribution in [0.3, 0.4) is 0 Å². The first-order valence-electron chi connectivity index (χ1n) is 8.66. The molecule has 0 aromatic carbocycles. The van der Waals surface area contributed by atoms with Gasteiger partial charge in [0.1, 0.15) is 22.8 Å². The quantitative estimate of drug-likeness (QED) is 0.714. The van der Waals surface area contributed by atoms with E-state index >= 15 is 0 Å². The molecule has 0 saturated heterocycles. The highest BCUT2D eigenvalue weighted by Gasteiger charge is 2.25.